The summed E-state index contributed by atoms with van der Waals surface area (Å²) in [7, 11) is 1.73. The van der Waals surface area contributed by atoms with Crippen molar-refractivity contribution in [2.24, 2.45) is 4.99 Å². The van der Waals surface area contributed by atoms with Crippen LogP contribution in [0.25, 0.3) is 0 Å². The van der Waals surface area contributed by atoms with Gasteiger partial charge in [0.1, 0.15) is 0 Å². The van der Waals surface area contributed by atoms with Crippen molar-refractivity contribution in [1.29, 1.82) is 0 Å². The smallest absolute Gasteiger partial charge is 0.225 e. The van der Waals surface area contributed by atoms with E-state index >= 15 is 0 Å². The molecule has 1 unspecified atom stereocenters. The van der Waals surface area contributed by atoms with Gasteiger partial charge in [0, 0.05) is 43.6 Å². The van der Waals surface area contributed by atoms with E-state index in [1.54, 1.807) is 7.05 Å². The molecular formula is C21H30IN5O2. The van der Waals surface area contributed by atoms with Crippen molar-refractivity contribution in [3.63, 3.8) is 0 Å². The highest BCUT2D eigenvalue weighted by molar-refractivity contribution is 14.0. The van der Waals surface area contributed by atoms with Gasteiger partial charge < -0.3 is 20.5 Å². The summed E-state index contributed by atoms with van der Waals surface area (Å²) < 4.78 is 5.45. The molecule has 8 heteroatoms. The standard InChI is InChI=1S/C21H29N5O2.HI/c1-4-14(5-2)19-11-16(28-26-19)13-24-21(22-3)23-12-15-10-20(27)25-18-9-7-6-8-17(15)18;/h6-9,11,14-15H,4-5,10,12-13H2,1-3H3,(H,25,27)(H2,22,23,24);1H. The van der Waals surface area contributed by atoms with Crippen LogP contribution in [0.3, 0.4) is 0 Å². The number of hydrogen-bond acceptors (Lipinski definition) is 4. The van der Waals surface area contributed by atoms with Gasteiger partial charge in [-0.15, -0.1) is 24.0 Å². The Morgan fingerprint density at radius 1 is 1.31 bits per heavy atom. The van der Waals surface area contributed by atoms with Crippen LogP contribution >= 0.6 is 24.0 Å². The number of carbonyl (C=O) groups is 1. The monoisotopic (exact) mass is 511 g/mol. The molecule has 2 heterocycles. The average Bonchev–Trinajstić information content (AvgIpc) is 3.17. The Balaban J connectivity index is 0.00000300. The highest BCUT2D eigenvalue weighted by atomic mass is 127. The molecule has 0 fully saturated rings. The number of guanidine groups is 1. The van der Waals surface area contributed by atoms with Crippen molar-refractivity contribution in [2.75, 3.05) is 18.9 Å². The fourth-order valence-corrected chi connectivity index (χ4v) is 3.61. The second kappa shape index (κ2) is 11.2. The summed E-state index contributed by atoms with van der Waals surface area (Å²) in [6, 6.07) is 9.94. The Morgan fingerprint density at radius 2 is 2.07 bits per heavy atom. The maximum absolute atomic E-state index is 12.0. The Labute approximate surface area is 189 Å². The molecular weight excluding hydrogens is 481 g/mol. The summed E-state index contributed by atoms with van der Waals surface area (Å²) in [6.45, 7) is 5.46. The minimum absolute atomic E-state index is 0. The van der Waals surface area contributed by atoms with Gasteiger partial charge in [0.15, 0.2) is 11.7 Å². The number of aliphatic imine (C=N–C) groups is 1. The number of nitrogens with zero attached hydrogens (tertiary/aromatic N) is 2. The van der Waals surface area contributed by atoms with Crippen LogP contribution in [0.1, 0.15) is 62.0 Å². The van der Waals surface area contributed by atoms with Crippen LogP contribution in [0, 0.1) is 0 Å². The van der Waals surface area contributed by atoms with Crippen LogP contribution < -0.4 is 16.0 Å². The first-order valence-corrected chi connectivity index (χ1v) is 9.93. The third-order valence-electron chi connectivity index (χ3n) is 5.26. The van der Waals surface area contributed by atoms with Gasteiger partial charge in [0.2, 0.25) is 5.91 Å². The van der Waals surface area contributed by atoms with E-state index in [-0.39, 0.29) is 35.8 Å². The van der Waals surface area contributed by atoms with Crippen LogP contribution in [0.5, 0.6) is 0 Å². The Kier molecular flexibility index (Phi) is 8.94. The number of hydrogen-bond donors (Lipinski definition) is 3. The number of rotatable bonds is 7. The molecule has 1 atom stereocenters. The molecule has 3 N–H and O–H groups in total. The zero-order valence-electron chi connectivity index (χ0n) is 17.2. The molecule has 0 spiro atoms. The van der Waals surface area contributed by atoms with Gasteiger partial charge in [-0.1, -0.05) is 37.2 Å². The van der Waals surface area contributed by atoms with E-state index in [9.17, 15) is 4.79 Å². The molecule has 1 aliphatic heterocycles. The summed E-state index contributed by atoms with van der Waals surface area (Å²) in [5.74, 6) is 2.04. The van der Waals surface area contributed by atoms with Gasteiger partial charge in [-0.05, 0) is 24.5 Å². The number of aromatic nitrogens is 1. The van der Waals surface area contributed by atoms with E-state index in [1.165, 1.54) is 0 Å². The van der Waals surface area contributed by atoms with Crippen molar-refractivity contribution in [3.8, 4) is 0 Å². The third-order valence-corrected chi connectivity index (χ3v) is 5.26. The minimum atomic E-state index is 0. The normalized spacial score (nSPS) is 16.1. The van der Waals surface area contributed by atoms with Gasteiger partial charge in [0.05, 0.1) is 12.2 Å². The van der Waals surface area contributed by atoms with E-state index in [1.807, 2.05) is 24.3 Å². The van der Waals surface area contributed by atoms with Gasteiger partial charge in [-0.25, -0.2) is 0 Å². The lowest BCUT2D eigenvalue weighted by Gasteiger charge is -2.26. The first kappa shape index (κ1) is 23.2. The third kappa shape index (κ3) is 5.94. The number of carbonyl (C=O) groups excluding carboxylic acids is 1. The molecule has 0 bridgehead atoms. The molecule has 3 rings (SSSR count). The molecule has 0 saturated carbocycles. The lowest BCUT2D eigenvalue weighted by molar-refractivity contribution is -0.116. The zero-order valence-corrected chi connectivity index (χ0v) is 19.5. The first-order chi connectivity index (χ1) is 13.6. The number of nitrogens with one attached hydrogen (secondary N) is 3. The summed E-state index contributed by atoms with van der Waals surface area (Å²) in [5, 5.41) is 13.7. The van der Waals surface area contributed by atoms with E-state index < -0.39 is 0 Å². The lowest BCUT2D eigenvalue weighted by Crippen LogP contribution is -2.40. The Hall–Kier alpha value is -2.10. The van der Waals surface area contributed by atoms with Crippen molar-refractivity contribution in [1.82, 2.24) is 15.8 Å². The molecule has 0 radical (unpaired) electrons. The quantitative estimate of drug-likeness (QED) is 0.297. The number of benzene rings is 1. The number of halogens is 1. The van der Waals surface area contributed by atoms with Gasteiger partial charge >= 0.3 is 0 Å². The molecule has 0 aliphatic carbocycles. The Morgan fingerprint density at radius 3 is 2.79 bits per heavy atom. The summed E-state index contributed by atoms with van der Waals surface area (Å²) in [4.78, 5) is 16.2. The fraction of sp³-hybridized carbons (Fsp3) is 0.476. The average molecular weight is 511 g/mol. The number of anilines is 1. The maximum atomic E-state index is 12.0. The highest BCUT2D eigenvalue weighted by Crippen LogP contribution is 2.31. The predicted molar refractivity (Wildman–Crippen MR) is 126 cm³/mol. The van der Waals surface area contributed by atoms with Crippen LogP contribution in [0.4, 0.5) is 5.69 Å². The Bertz CT molecular complexity index is 832. The zero-order chi connectivity index (χ0) is 19.9. The van der Waals surface area contributed by atoms with Crippen LogP contribution in [0.15, 0.2) is 39.8 Å². The van der Waals surface area contributed by atoms with Crippen LogP contribution in [0.2, 0.25) is 0 Å². The molecule has 158 valence electrons. The van der Waals surface area contributed by atoms with Gasteiger partial charge in [-0.2, -0.15) is 0 Å². The fourth-order valence-electron chi connectivity index (χ4n) is 3.61. The first-order valence-electron chi connectivity index (χ1n) is 9.93. The van der Waals surface area contributed by atoms with E-state index in [2.05, 4.69) is 46.0 Å². The maximum Gasteiger partial charge on any atom is 0.225 e. The summed E-state index contributed by atoms with van der Waals surface area (Å²) >= 11 is 0. The van der Waals surface area contributed by atoms with Crippen LogP contribution in [-0.2, 0) is 11.3 Å². The topological polar surface area (TPSA) is 91.5 Å². The number of para-hydroxylation sites is 1. The highest BCUT2D eigenvalue weighted by Gasteiger charge is 2.24. The van der Waals surface area contributed by atoms with Gasteiger partial charge in [-0.3, -0.25) is 9.79 Å². The van der Waals surface area contributed by atoms with Crippen LogP contribution in [-0.4, -0.2) is 30.6 Å². The molecule has 7 nitrogen and oxygen atoms in total. The largest absolute Gasteiger partial charge is 0.359 e. The van der Waals surface area contributed by atoms with Crippen molar-refractivity contribution in [2.45, 2.75) is 51.5 Å². The lowest BCUT2D eigenvalue weighted by atomic mass is 9.90. The van der Waals surface area contributed by atoms with E-state index in [4.69, 9.17) is 4.52 Å². The summed E-state index contributed by atoms with van der Waals surface area (Å²) in [5.41, 5.74) is 3.05. The van der Waals surface area contributed by atoms with E-state index in [0.717, 1.165) is 35.5 Å². The molecule has 1 amide bonds. The van der Waals surface area contributed by atoms with E-state index in [0.29, 0.717) is 31.4 Å². The predicted octanol–water partition coefficient (Wildman–Crippen LogP) is 3.99. The number of fused-ring (bicyclic) bond motifs is 1. The molecule has 1 aliphatic rings. The minimum Gasteiger partial charge on any atom is -0.359 e. The second-order valence-electron chi connectivity index (χ2n) is 7.07. The van der Waals surface area contributed by atoms with Crippen molar-refractivity contribution >= 4 is 41.5 Å². The molecule has 1 aromatic carbocycles. The van der Waals surface area contributed by atoms with Crippen molar-refractivity contribution in [3.05, 3.63) is 47.3 Å². The number of amides is 1. The van der Waals surface area contributed by atoms with Crippen molar-refractivity contribution < 1.29 is 9.32 Å². The molecule has 1 aromatic heterocycles. The molecule has 29 heavy (non-hydrogen) atoms. The SMILES string of the molecule is CCC(CC)c1cc(CNC(=NC)NCC2CC(=O)Nc3ccccc32)on1.I. The summed E-state index contributed by atoms with van der Waals surface area (Å²) in [6.07, 6.45) is 2.56. The molecule has 2 aromatic rings. The second-order valence-corrected chi connectivity index (χ2v) is 7.07. The molecule has 0 saturated heterocycles. The van der Waals surface area contributed by atoms with Gasteiger partial charge in [0.25, 0.3) is 0 Å².